The van der Waals surface area contributed by atoms with E-state index >= 15 is 0 Å². The first-order chi connectivity index (χ1) is 7.54. The van der Waals surface area contributed by atoms with Gasteiger partial charge in [-0.2, -0.15) is 0 Å². The molecule has 0 aliphatic carbocycles. The van der Waals surface area contributed by atoms with Crippen LogP contribution in [0.1, 0.15) is 17.3 Å². The minimum absolute atomic E-state index is 0.0741. The highest BCUT2D eigenvalue weighted by atomic mass is 16.7. The van der Waals surface area contributed by atoms with E-state index in [4.69, 9.17) is 15.6 Å². The average molecular weight is 225 g/mol. The van der Waals surface area contributed by atoms with E-state index in [-0.39, 0.29) is 23.6 Å². The number of benzene rings is 1. The summed E-state index contributed by atoms with van der Waals surface area (Å²) in [6.07, 6.45) is -0.886. The van der Waals surface area contributed by atoms with Gasteiger partial charge in [-0.25, -0.2) is 9.59 Å². The molecule has 0 amide bonds. The first-order valence-corrected chi connectivity index (χ1v) is 4.52. The van der Waals surface area contributed by atoms with Crippen LogP contribution in [0.5, 0.6) is 5.75 Å². The van der Waals surface area contributed by atoms with E-state index in [9.17, 15) is 9.59 Å². The predicted octanol–water partition coefficient (Wildman–Crippen LogP) is 1.50. The highest BCUT2D eigenvalue weighted by molar-refractivity contribution is 5.94. The minimum atomic E-state index is -1.19. The molecule has 0 atom stereocenters. The Kier molecular flexibility index (Phi) is 3.71. The Hall–Kier alpha value is -2.24. The van der Waals surface area contributed by atoms with E-state index in [2.05, 4.69) is 4.74 Å². The van der Waals surface area contributed by atoms with E-state index in [0.29, 0.717) is 0 Å². The zero-order chi connectivity index (χ0) is 12.1. The number of hydrogen-bond donors (Lipinski definition) is 2. The maximum absolute atomic E-state index is 11.0. The lowest BCUT2D eigenvalue weighted by molar-refractivity contribution is 0.0696. The minimum Gasteiger partial charge on any atom is -0.478 e. The Morgan fingerprint density at radius 1 is 1.44 bits per heavy atom. The molecule has 0 saturated carbocycles. The van der Waals surface area contributed by atoms with Gasteiger partial charge in [0.25, 0.3) is 0 Å². The number of carboxylic acids is 1. The molecule has 3 N–H and O–H groups in total. The molecule has 86 valence electrons. The van der Waals surface area contributed by atoms with Gasteiger partial charge in [-0.05, 0) is 25.1 Å². The molecule has 0 unspecified atom stereocenters. The molecular weight excluding hydrogens is 214 g/mol. The number of ether oxygens (including phenoxy) is 2. The molecule has 0 aliphatic rings. The Labute approximate surface area is 91.6 Å². The van der Waals surface area contributed by atoms with Gasteiger partial charge in [0.15, 0.2) is 0 Å². The third kappa shape index (κ3) is 2.88. The summed E-state index contributed by atoms with van der Waals surface area (Å²) < 4.78 is 9.26. The molecule has 0 heterocycles. The summed E-state index contributed by atoms with van der Waals surface area (Å²) in [6, 6.07) is 3.89. The summed E-state index contributed by atoms with van der Waals surface area (Å²) in [4.78, 5) is 21.7. The Morgan fingerprint density at radius 2 is 2.12 bits per heavy atom. The number of rotatable bonds is 3. The van der Waals surface area contributed by atoms with Gasteiger partial charge in [0.1, 0.15) is 5.75 Å². The number of anilines is 1. The first-order valence-electron chi connectivity index (χ1n) is 4.52. The van der Waals surface area contributed by atoms with E-state index in [0.717, 1.165) is 6.07 Å². The summed E-state index contributed by atoms with van der Waals surface area (Å²) in [5.41, 5.74) is 5.40. The van der Waals surface area contributed by atoms with Crippen molar-refractivity contribution in [1.82, 2.24) is 0 Å². The quantitative estimate of drug-likeness (QED) is 0.459. The van der Waals surface area contributed by atoms with Gasteiger partial charge in [-0.1, -0.05) is 0 Å². The molecule has 0 aromatic heterocycles. The molecule has 6 heteroatoms. The van der Waals surface area contributed by atoms with E-state index in [1.165, 1.54) is 12.1 Å². The second-order valence-electron chi connectivity index (χ2n) is 2.84. The fraction of sp³-hybridized carbons (Fsp3) is 0.200. The van der Waals surface area contributed by atoms with Gasteiger partial charge >= 0.3 is 12.1 Å². The lowest BCUT2D eigenvalue weighted by Gasteiger charge is -2.06. The van der Waals surface area contributed by atoms with E-state index < -0.39 is 12.1 Å². The van der Waals surface area contributed by atoms with Crippen LogP contribution in [0.2, 0.25) is 0 Å². The van der Waals surface area contributed by atoms with Crippen molar-refractivity contribution in [3.8, 4) is 5.75 Å². The van der Waals surface area contributed by atoms with Gasteiger partial charge < -0.3 is 20.3 Å². The molecule has 16 heavy (non-hydrogen) atoms. The molecule has 0 fully saturated rings. The van der Waals surface area contributed by atoms with Crippen LogP contribution < -0.4 is 10.5 Å². The molecule has 0 aliphatic heterocycles. The van der Waals surface area contributed by atoms with E-state index in [1.54, 1.807) is 6.92 Å². The Balaban J connectivity index is 2.87. The second-order valence-corrected chi connectivity index (χ2v) is 2.84. The molecular formula is C10H11NO5. The van der Waals surface area contributed by atoms with Crippen LogP contribution in [-0.4, -0.2) is 23.8 Å². The molecule has 0 saturated heterocycles. The molecule has 6 nitrogen and oxygen atoms in total. The molecule has 0 spiro atoms. The maximum atomic E-state index is 11.0. The SMILES string of the molecule is CCOC(=O)Oc1ccc(N)c(C(=O)O)c1. The van der Waals surface area contributed by atoms with Crippen LogP contribution in [-0.2, 0) is 4.74 Å². The first kappa shape index (κ1) is 11.8. The summed E-state index contributed by atoms with van der Waals surface area (Å²) in [6.45, 7) is 1.81. The normalized spacial score (nSPS) is 9.56. The van der Waals surface area contributed by atoms with Crippen LogP contribution in [0, 0.1) is 0 Å². The van der Waals surface area contributed by atoms with Crippen LogP contribution in [0.4, 0.5) is 10.5 Å². The lowest BCUT2D eigenvalue weighted by Crippen LogP contribution is -2.11. The van der Waals surface area contributed by atoms with Crippen molar-refractivity contribution in [2.75, 3.05) is 12.3 Å². The van der Waals surface area contributed by atoms with Gasteiger partial charge in [0, 0.05) is 5.69 Å². The fourth-order valence-electron chi connectivity index (χ4n) is 1.03. The summed E-state index contributed by atoms with van der Waals surface area (Å²) >= 11 is 0. The van der Waals surface area contributed by atoms with E-state index in [1.807, 2.05) is 0 Å². The summed E-state index contributed by atoms with van der Waals surface area (Å²) in [7, 11) is 0. The molecule has 0 bridgehead atoms. The molecule has 1 aromatic rings. The maximum Gasteiger partial charge on any atom is 0.513 e. The number of carbonyl (C=O) groups is 2. The van der Waals surface area contributed by atoms with Crippen molar-refractivity contribution in [1.29, 1.82) is 0 Å². The van der Waals surface area contributed by atoms with Crippen LogP contribution in [0.3, 0.4) is 0 Å². The zero-order valence-corrected chi connectivity index (χ0v) is 8.60. The van der Waals surface area contributed by atoms with Crippen molar-refractivity contribution in [2.45, 2.75) is 6.92 Å². The lowest BCUT2D eigenvalue weighted by atomic mass is 10.2. The number of nitrogen functional groups attached to an aromatic ring is 1. The number of aromatic carboxylic acids is 1. The van der Waals surface area contributed by atoms with Crippen LogP contribution >= 0.6 is 0 Å². The van der Waals surface area contributed by atoms with Gasteiger partial charge in [0.2, 0.25) is 0 Å². The summed E-state index contributed by atoms with van der Waals surface area (Å²) in [5.74, 6) is -1.11. The van der Waals surface area contributed by atoms with Gasteiger partial charge in [-0.3, -0.25) is 0 Å². The number of carbonyl (C=O) groups excluding carboxylic acids is 1. The monoisotopic (exact) mass is 225 g/mol. The number of hydrogen-bond acceptors (Lipinski definition) is 5. The third-order valence-corrected chi connectivity index (χ3v) is 1.72. The van der Waals surface area contributed by atoms with Gasteiger partial charge in [0.05, 0.1) is 12.2 Å². The molecule has 0 radical (unpaired) electrons. The smallest absolute Gasteiger partial charge is 0.478 e. The summed E-state index contributed by atoms with van der Waals surface area (Å²) in [5, 5.41) is 8.78. The number of carboxylic acid groups (broad SMARTS) is 1. The predicted molar refractivity (Wildman–Crippen MR) is 55.5 cm³/mol. The Bertz CT molecular complexity index is 416. The largest absolute Gasteiger partial charge is 0.513 e. The molecule has 1 aromatic carbocycles. The van der Waals surface area contributed by atoms with Crippen LogP contribution in [0.15, 0.2) is 18.2 Å². The Morgan fingerprint density at radius 3 is 2.69 bits per heavy atom. The molecule has 1 rings (SSSR count). The van der Waals surface area contributed by atoms with Crippen molar-refractivity contribution in [3.63, 3.8) is 0 Å². The topological polar surface area (TPSA) is 98.9 Å². The average Bonchev–Trinajstić information content (AvgIpc) is 2.21. The third-order valence-electron chi connectivity index (χ3n) is 1.72. The fourth-order valence-corrected chi connectivity index (χ4v) is 1.03. The van der Waals surface area contributed by atoms with Crippen molar-refractivity contribution >= 4 is 17.8 Å². The standard InChI is InChI=1S/C10H11NO5/c1-2-15-10(14)16-6-3-4-8(11)7(5-6)9(12)13/h3-5H,2,11H2,1H3,(H,12,13). The number of nitrogens with two attached hydrogens (primary N) is 1. The van der Waals surface area contributed by atoms with Gasteiger partial charge in [-0.15, -0.1) is 0 Å². The van der Waals surface area contributed by atoms with Crippen LogP contribution in [0.25, 0.3) is 0 Å². The highest BCUT2D eigenvalue weighted by Crippen LogP contribution is 2.20. The zero-order valence-electron chi connectivity index (χ0n) is 8.60. The van der Waals surface area contributed by atoms with Crippen molar-refractivity contribution in [3.05, 3.63) is 23.8 Å². The second kappa shape index (κ2) is 5.01. The highest BCUT2D eigenvalue weighted by Gasteiger charge is 2.11. The van der Waals surface area contributed by atoms with Crippen molar-refractivity contribution in [2.24, 2.45) is 0 Å². The van der Waals surface area contributed by atoms with Crippen molar-refractivity contribution < 1.29 is 24.2 Å².